The largest absolute Gasteiger partial charge is 0.378 e. The number of nitrogens with one attached hydrogen (secondary N) is 1. The van der Waals surface area contributed by atoms with Crippen molar-refractivity contribution >= 4 is 11.6 Å². The van der Waals surface area contributed by atoms with E-state index in [1.165, 1.54) is 0 Å². The van der Waals surface area contributed by atoms with Crippen molar-refractivity contribution in [3.8, 4) is 0 Å². The van der Waals surface area contributed by atoms with Crippen molar-refractivity contribution in [3.63, 3.8) is 0 Å². The highest BCUT2D eigenvalue weighted by molar-refractivity contribution is 5.95. The van der Waals surface area contributed by atoms with Gasteiger partial charge in [0.1, 0.15) is 6.04 Å². The molecule has 1 aromatic carbocycles. The molecule has 0 saturated heterocycles. The summed E-state index contributed by atoms with van der Waals surface area (Å²) in [5.41, 5.74) is 1.60. The van der Waals surface area contributed by atoms with Crippen molar-refractivity contribution < 1.29 is 9.32 Å². The number of anilines is 1. The SMILES string of the molecule is CC(C)C(NC(=O)c1cccc(N(C)C)c1)c1nc(C2CC2)no1. The monoisotopic (exact) mass is 328 g/mol. The van der Waals surface area contributed by atoms with Crippen molar-refractivity contribution in [1.82, 2.24) is 15.5 Å². The van der Waals surface area contributed by atoms with Crippen LogP contribution in [0, 0.1) is 5.92 Å². The van der Waals surface area contributed by atoms with Crippen LogP contribution in [-0.2, 0) is 0 Å². The molecule has 1 aliphatic rings. The molecule has 6 nitrogen and oxygen atoms in total. The third kappa shape index (κ3) is 3.58. The molecule has 1 fully saturated rings. The molecule has 1 unspecified atom stereocenters. The van der Waals surface area contributed by atoms with Gasteiger partial charge < -0.3 is 14.7 Å². The Morgan fingerprint density at radius 1 is 1.33 bits per heavy atom. The van der Waals surface area contributed by atoms with E-state index in [1.54, 1.807) is 0 Å². The number of carbonyl (C=O) groups is 1. The quantitative estimate of drug-likeness (QED) is 0.882. The van der Waals surface area contributed by atoms with Gasteiger partial charge in [-0.3, -0.25) is 4.79 Å². The first kappa shape index (κ1) is 16.5. The van der Waals surface area contributed by atoms with Crippen LogP contribution in [0.2, 0.25) is 0 Å². The van der Waals surface area contributed by atoms with Gasteiger partial charge in [-0.25, -0.2) is 0 Å². The van der Waals surface area contributed by atoms with Gasteiger partial charge in [-0.1, -0.05) is 25.1 Å². The van der Waals surface area contributed by atoms with Crippen LogP contribution in [0.5, 0.6) is 0 Å². The van der Waals surface area contributed by atoms with Crippen LogP contribution < -0.4 is 10.2 Å². The maximum Gasteiger partial charge on any atom is 0.252 e. The van der Waals surface area contributed by atoms with E-state index in [0.717, 1.165) is 24.4 Å². The molecule has 2 aromatic rings. The van der Waals surface area contributed by atoms with Crippen LogP contribution in [0.4, 0.5) is 5.69 Å². The smallest absolute Gasteiger partial charge is 0.252 e. The van der Waals surface area contributed by atoms with Crippen LogP contribution in [0.25, 0.3) is 0 Å². The van der Waals surface area contributed by atoms with Crippen LogP contribution in [0.15, 0.2) is 28.8 Å². The van der Waals surface area contributed by atoms with Gasteiger partial charge in [0.25, 0.3) is 5.91 Å². The fourth-order valence-electron chi connectivity index (χ4n) is 2.54. The lowest BCUT2D eigenvalue weighted by molar-refractivity contribution is 0.0914. The number of nitrogens with zero attached hydrogens (tertiary/aromatic N) is 3. The molecule has 3 rings (SSSR count). The number of carbonyl (C=O) groups excluding carboxylic acids is 1. The topological polar surface area (TPSA) is 71.3 Å². The molecule has 0 radical (unpaired) electrons. The molecular weight excluding hydrogens is 304 g/mol. The Morgan fingerprint density at radius 2 is 2.08 bits per heavy atom. The summed E-state index contributed by atoms with van der Waals surface area (Å²) in [5, 5.41) is 7.09. The summed E-state index contributed by atoms with van der Waals surface area (Å²) in [6, 6.07) is 7.24. The van der Waals surface area contributed by atoms with E-state index in [9.17, 15) is 4.79 Å². The summed E-state index contributed by atoms with van der Waals surface area (Å²) in [4.78, 5) is 19.1. The van der Waals surface area contributed by atoms with E-state index in [4.69, 9.17) is 4.52 Å². The molecule has 1 atom stereocenters. The van der Waals surface area contributed by atoms with E-state index < -0.39 is 0 Å². The minimum Gasteiger partial charge on any atom is -0.378 e. The van der Waals surface area contributed by atoms with Crippen LogP contribution in [-0.4, -0.2) is 30.1 Å². The number of hydrogen-bond acceptors (Lipinski definition) is 5. The standard InChI is InChI=1S/C18H24N4O2/c1-11(2)15(18-20-16(21-24-18)12-8-9-12)19-17(23)13-6-5-7-14(10-13)22(3)4/h5-7,10-12,15H,8-9H2,1-4H3,(H,19,23). The predicted molar refractivity (Wildman–Crippen MR) is 92.1 cm³/mol. The Hall–Kier alpha value is -2.37. The summed E-state index contributed by atoms with van der Waals surface area (Å²) < 4.78 is 5.40. The lowest BCUT2D eigenvalue weighted by Gasteiger charge is -2.19. The van der Waals surface area contributed by atoms with Crippen molar-refractivity contribution in [2.24, 2.45) is 5.92 Å². The van der Waals surface area contributed by atoms with Crippen molar-refractivity contribution in [3.05, 3.63) is 41.5 Å². The minimum atomic E-state index is -0.291. The van der Waals surface area contributed by atoms with Gasteiger partial charge in [-0.2, -0.15) is 4.98 Å². The Bertz CT molecular complexity index is 719. The molecular formula is C18H24N4O2. The lowest BCUT2D eigenvalue weighted by Crippen LogP contribution is -2.32. The third-order valence-electron chi connectivity index (χ3n) is 4.24. The van der Waals surface area contributed by atoms with Gasteiger partial charge in [0, 0.05) is 31.3 Å². The predicted octanol–water partition coefficient (Wildman–Crippen LogP) is 3.14. The first-order valence-electron chi connectivity index (χ1n) is 8.37. The molecule has 6 heteroatoms. The zero-order chi connectivity index (χ0) is 17.3. The summed E-state index contributed by atoms with van der Waals surface area (Å²) in [7, 11) is 3.90. The van der Waals surface area contributed by atoms with Gasteiger partial charge in [0.2, 0.25) is 5.89 Å². The van der Waals surface area contributed by atoms with E-state index in [2.05, 4.69) is 15.5 Å². The van der Waals surface area contributed by atoms with E-state index in [1.807, 2.05) is 57.1 Å². The minimum absolute atomic E-state index is 0.136. The zero-order valence-corrected chi connectivity index (χ0v) is 14.6. The van der Waals surface area contributed by atoms with Gasteiger partial charge in [0.15, 0.2) is 5.82 Å². The molecule has 1 saturated carbocycles. The number of aromatic nitrogens is 2. The number of benzene rings is 1. The average molecular weight is 328 g/mol. The first-order chi connectivity index (χ1) is 11.5. The maximum atomic E-state index is 12.6. The summed E-state index contributed by atoms with van der Waals surface area (Å²) >= 11 is 0. The molecule has 0 spiro atoms. The Kier molecular flexibility index (Phi) is 4.55. The zero-order valence-electron chi connectivity index (χ0n) is 14.6. The summed E-state index contributed by atoms with van der Waals surface area (Å²) in [6.07, 6.45) is 2.24. The fourth-order valence-corrected chi connectivity index (χ4v) is 2.54. The number of hydrogen-bond donors (Lipinski definition) is 1. The normalized spacial score (nSPS) is 15.4. The molecule has 1 aromatic heterocycles. The van der Waals surface area contributed by atoms with E-state index >= 15 is 0 Å². The van der Waals surface area contributed by atoms with Crippen LogP contribution in [0.3, 0.4) is 0 Å². The van der Waals surface area contributed by atoms with Crippen molar-refractivity contribution in [1.29, 1.82) is 0 Å². The van der Waals surface area contributed by atoms with E-state index in [0.29, 0.717) is 17.4 Å². The molecule has 1 aliphatic carbocycles. The van der Waals surface area contributed by atoms with Gasteiger partial charge in [-0.05, 0) is 37.0 Å². The number of amides is 1. The van der Waals surface area contributed by atoms with Crippen LogP contribution in [0.1, 0.15) is 60.7 Å². The Morgan fingerprint density at radius 3 is 2.71 bits per heavy atom. The first-order valence-corrected chi connectivity index (χ1v) is 8.37. The molecule has 0 bridgehead atoms. The highest BCUT2D eigenvalue weighted by Gasteiger charge is 2.31. The molecule has 24 heavy (non-hydrogen) atoms. The van der Waals surface area contributed by atoms with Crippen molar-refractivity contribution in [2.75, 3.05) is 19.0 Å². The number of rotatable bonds is 6. The van der Waals surface area contributed by atoms with E-state index in [-0.39, 0.29) is 17.9 Å². The molecule has 1 N–H and O–H groups in total. The summed E-state index contributed by atoms with van der Waals surface area (Å²) in [6.45, 7) is 4.06. The van der Waals surface area contributed by atoms with Gasteiger partial charge >= 0.3 is 0 Å². The second-order valence-corrected chi connectivity index (χ2v) is 6.90. The average Bonchev–Trinajstić information content (AvgIpc) is 3.30. The second kappa shape index (κ2) is 6.63. The third-order valence-corrected chi connectivity index (χ3v) is 4.24. The second-order valence-electron chi connectivity index (χ2n) is 6.90. The molecule has 1 amide bonds. The Labute approximate surface area is 142 Å². The van der Waals surface area contributed by atoms with Gasteiger partial charge in [0.05, 0.1) is 0 Å². The lowest BCUT2D eigenvalue weighted by atomic mass is 10.0. The molecule has 0 aliphatic heterocycles. The molecule has 128 valence electrons. The Balaban J connectivity index is 1.77. The fraction of sp³-hybridized carbons (Fsp3) is 0.500. The van der Waals surface area contributed by atoms with Gasteiger partial charge in [-0.15, -0.1) is 0 Å². The van der Waals surface area contributed by atoms with Crippen molar-refractivity contribution in [2.45, 2.75) is 38.6 Å². The van der Waals surface area contributed by atoms with Crippen LogP contribution >= 0.6 is 0 Å². The highest BCUT2D eigenvalue weighted by atomic mass is 16.5. The molecule has 1 heterocycles. The highest BCUT2D eigenvalue weighted by Crippen LogP contribution is 2.38. The summed E-state index contributed by atoms with van der Waals surface area (Å²) in [5.74, 6) is 1.70. The maximum absolute atomic E-state index is 12.6.